The summed E-state index contributed by atoms with van der Waals surface area (Å²) in [6.07, 6.45) is 3.83. The van der Waals surface area contributed by atoms with Crippen molar-refractivity contribution in [2.24, 2.45) is 5.92 Å². The van der Waals surface area contributed by atoms with Gasteiger partial charge >= 0.3 is 5.97 Å². The number of nitrogens with one attached hydrogen (secondary N) is 1. The Bertz CT molecular complexity index is 1760. The third-order valence-corrected chi connectivity index (χ3v) is 11.5. The van der Waals surface area contributed by atoms with Gasteiger partial charge in [0.2, 0.25) is 5.91 Å². The molecule has 0 bridgehead atoms. The Morgan fingerprint density at radius 3 is 2.53 bits per heavy atom. The van der Waals surface area contributed by atoms with E-state index in [-0.39, 0.29) is 76.4 Å². The normalized spacial score (nSPS) is 24.8. The van der Waals surface area contributed by atoms with Crippen molar-refractivity contribution in [2.45, 2.75) is 56.7 Å². The Labute approximate surface area is 276 Å². The second-order valence-electron chi connectivity index (χ2n) is 12.6. The van der Waals surface area contributed by atoms with Gasteiger partial charge in [0, 0.05) is 31.1 Å². The van der Waals surface area contributed by atoms with Gasteiger partial charge in [0.15, 0.2) is 9.84 Å². The Hall–Kier alpha value is -3.52. The molecular weight excluding hydrogens is 653 g/mol. The second-order valence-corrected chi connectivity index (χ2v) is 15.3. The van der Waals surface area contributed by atoms with Gasteiger partial charge in [-0.2, -0.15) is 0 Å². The minimum absolute atomic E-state index is 0.0563. The molecule has 1 aromatic heterocycles. The van der Waals surface area contributed by atoms with Crippen LogP contribution >= 0.6 is 11.6 Å². The van der Waals surface area contributed by atoms with Crippen LogP contribution in [0.4, 0.5) is 10.1 Å². The van der Waals surface area contributed by atoms with E-state index in [1.807, 2.05) is 0 Å². The lowest BCUT2D eigenvalue weighted by molar-refractivity contribution is -0.144. The van der Waals surface area contributed by atoms with Crippen molar-refractivity contribution < 1.29 is 41.5 Å². The summed E-state index contributed by atoms with van der Waals surface area (Å²) in [5.74, 6) is -2.58. The maximum Gasteiger partial charge on any atom is 0.306 e. The summed E-state index contributed by atoms with van der Waals surface area (Å²) in [6.45, 7) is 1.36. The first-order valence-electron chi connectivity index (χ1n) is 15.8. The molecule has 3 aliphatic rings. The number of carbonyl (C=O) groups is 3. The fourth-order valence-corrected chi connectivity index (χ4v) is 8.33. The number of benzene rings is 2. The third-order valence-electron chi connectivity index (χ3n) is 9.61. The van der Waals surface area contributed by atoms with Crippen LogP contribution in [0.15, 0.2) is 47.1 Å². The molecule has 11 nitrogen and oxygen atoms in total. The summed E-state index contributed by atoms with van der Waals surface area (Å²) in [5.41, 5.74) is 0.939. The first-order valence-corrected chi connectivity index (χ1v) is 18.0. The quantitative estimate of drug-likeness (QED) is 0.334. The average Bonchev–Trinajstić information content (AvgIpc) is 3.67. The van der Waals surface area contributed by atoms with Gasteiger partial charge in [-0.3, -0.25) is 19.3 Å². The Morgan fingerprint density at radius 2 is 1.81 bits per heavy atom. The van der Waals surface area contributed by atoms with Gasteiger partial charge in [-0.15, -0.1) is 0 Å². The monoisotopic (exact) mass is 689 g/mol. The Kier molecular flexibility index (Phi) is 9.88. The highest BCUT2D eigenvalue weighted by molar-refractivity contribution is 7.91. The fourth-order valence-electron chi connectivity index (χ4n) is 6.86. The first kappa shape index (κ1) is 33.4. The highest BCUT2D eigenvalue weighted by atomic mass is 35.5. The van der Waals surface area contributed by atoms with Gasteiger partial charge in [-0.05, 0) is 55.9 Å². The van der Waals surface area contributed by atoms with Gasteiger partial charge < -0.3 is 24.5 Å². The van der Waals surface area contributed by atoms with Crippen LogP contribution in [0.5, 0.6) is 0 Å². The summed E-state index contributed by atoms with van der Waals surface area (Å²) < 4.78 is 51.1. The molecule has 2 aliphatic heterocycles. The topological polar surface area (TPSA) is 146 Å². The molecule has 3 aromatic rings. The summed E-state index contributed by atoms with van der Waals surface area (Å²) in [4.78, 5) is 41.8. The number of furan rings is 1. The molecule has 1 saturated carbocycles. The van der Waals surface area contributed by atoms with Gasteiger partial charge in [0.05, 0.1) is 58.9 Å². The van der Waals surface area contributed by atoms with E-state index < -0.39 is 27.5 Å². The van der Waals surface area contributed by atoms with E-state index in [0.29, 0.717) is 62.7 Å². The average molecular weight is 690 g/mol. The molecule has 2 N–H and O–H groups in total. The molecule has 252 valence electrons. The van der Waals surface area contributed by atoms with Crippen molar-refractivity contribution in [3.05, 3.63) is 64.6 Å². The number of amides is 2. The van der Waals surface area contributed by atoms with Crippen molar-refractivity contribution in [1.29, 1.82) is 0 Å². The maximum absolute atomic E-state index is 15.4. The molecule has 3 fully saturated rings. The largest absolute Gasteiger partial charge is 0.481 e. The zero-order valence-electron chi connectivity index (χ0n) is 25.7. The van der Waals surface area contributed by atoms with Gasteiger partial charge in [0.25, 0.3) is 5.91 Å². The number of aliphatic carboxylic acids is 1. The molecule has 0 unspecified atom stereocenters. The minimum atomic E-state index is -3.08. The number of hydrogen-bond donors (Lipinski definition) is 2. The smallest absolute Gasteiger partial charge is 0.306 e. The number of hydrogen-bond acceptors (Lipinski definition) is 8. The molecule has 0 spiro atoms. The van der Waals surface area contributed by atoms with E-state index in [9.17, 15) is 27.9 Å². The summed E-state index contributed by atoms with van der Waals surface area (Å²) in [6, 6.07) is 9.08. The van der Waals surface area contributed by atoms with E-state index in [1.165, 1.54) is 12.3 Å². The first-order chi connectivity index (χ1) is 22.5. The van der Waals surface area contributed by atoms with E-state index in [1.54, 1.807) is 29.2 Å². The van der Waals surface area contributed by atoms with E-state index in [0.717, 1.165) is 6.07 Å². The number of ether oxygens (including phenoxy) is 1. The number of likely N-dealkylation sites (tertiary alicyclic amines) is 1. The van der Waals surface area contributed by atoms with Crippen molar-refractivity contribution >= 4 is 55.9 Å². The van der Waals surface area contributed by atoms with Crippen LogP contribution in [0.25, 0.3) is 11.0 Å². The molecular formula is C33H37ClFN3O8S. The molecule has 2 aromatic carbocycles. The van der Waals surface area contributed by atoms with Crippen LogP contribution in [0, 0.1) is 11.7 Å². The van der Waals surface area contributed by atoms with E-state index >= 15 is 4.39 Å². The predicted molar refractivity (Wildman–Crippen MR) is 173 cm³/mol. The molecule has 47 heavy (non-hydrogen) atoms. The predicted octanol–water partition coefficient (Wildman–Crippen LogP) is 4.38. The number of anilines is 1. The van der Waals surface area contributed by atoms with Crippen molar-refractivity contribution in [3.8, 4) is 0 Å². The number of fused-ring (bicyclic) bond motifs is 1. The van der Waals surface area contributed by atoms with Gasteiger partial charge in [-0.25, -0.2) is 12.8 Å². The lowest BCUT2D eigenvalue weighted by Crippen LogP contribution is -2.47. The molecule has 14 heteroatoms. The summed E-state index contributed by atoms with van der Waals surface area (Å²) in [7, 11) is -3.08. The number of sulfone groups is 1. The third kappa shape index (κ3) is 7.64. The number of rotatable bonds is 9. The molecule has 2 amide bonds. The molecule has 3 heterocycles. The minimum Gasteiger partial charge on any atom is -0.481 e. The lowest BCUT2D eigenvalue weighted by atomic mass is 9.87. The number of halogens is 2. The SMILES string of the molecule is O=C(Nc1cc(F)c(CC(=O)N2C[C@@H](N3CCS(=O)(=O)CC3)C[C@H]2COC2CCC(C(=O)O)CC2)cc1Cl)c1coc2ccccc12. The number of para-hydroxylation sites is 1. The number of carboxylic acid groups (broad SMARTS) is 1. The van der Waals surface area contributed by atoms with Crippen LogP contribution in [0.3, 0.4) is 0 Å². The number of carbonyl (C=O) groups excluding carboxylic acids is 2. The second kappa shape index (κ2) is 13.9. The lowest BCUT2D eigenvalue weighted by Gasteiger charge is -2.31. The van der Waals surface area contributed by atoms with E-state index in [2.05, 4.69) is 10.2 Å². The van der Waals surface area contributed by atoms with Crippen LogP contribution in [-0.2, 0) is 30.6 Å². The molecule has 0 radical (unpaired) electrons. The zero-order chi connectivity index (χ0) is 33.3. The fraction of sp³-hybridized carbons (Fsp3) is 0.485. The molecule has 1 aliphatic carbocycles. The zero-order valence-corrected chi connectivity index (χ0v) is 27.3. The number of carboxylic acids is 1. The van der Waals surface area contributed by atoms with Crippen LogP contribution in [0.1, 0.15) is 48.0 Å². The van der Waals surface area contributed by atoms with Gasteiger partial charge in [-0.1, -0.05) is 29.8 Å². The van der Waals surface area contributed by atoms with Crippen LogP contribution in [-0.4, -0.2) is 97.0 Å². The summed E-state index contributed by atoms with van der Waals surface area (Å²) in [5, 5.41) is 12.6. The Balaban J connectivity index is 1.13. The van der Waals surface area contributed by atoms with E-state index in [4.69, 9.17) is 20.8 Å². The number of nitrogens with zero attached hydrogens (tertiary/aromatic N) is 2. The standard InChI is InChI=1S/C33H37ClFN3O8S/c34-27-13-21(28(35)16-29(27)36-32(40)26-19-46-30-4-2-1-3-25(26)30)14-31(39)38-17-22(37-9-11-47(43,44)12-10-37)15-23(38)18-45-24-7-5-20(6-8-24)33(41)42/h1-4,13,16,19-20,22-24H,5-12,14-15,17-18H2,(H,36,40)(H,41,42)/t20?,22-,23-,24?/m0/s1. The van der Waals surface area contributed by atoms with Gasteiger partial charge in [0.1, 0.15) is 17.7 Å². The molecule has 6 rings (SSSR count). The summed E-state index contributed by atoms with van der Waals surface area (Å²) >= 11 is 6.47. The van der Waals surface area contributed by atoms with Crippen LogP contribution in [0.2, 0.25) is 5.02 Å². The van der Waals surface area contributed by atoms with Crippen molar-refractivity contribution in [3.63, 3.8) is 0 Å². The highest BCUT2D eigenvalue weighted by Crippen LogP contribution is 2.31. The Morgan fingerprint density at radius 1 is 1.09 bits per heavy atom. The van der Waals surface area contributed by atoms with Crippen LogP contribution < -0.4 is 5.32 Å². The van der Waals surface area contributed by atoms with Crippen molar-refractivity contribution in [2.75, 3.05) is 43.1 Å². The van der Waals surface area contributed by atoms with Crippen molar-refractivity contribution in [1.82, 2.24) is 9.80 Å². The molecule has 2 saturated heterocycles. The highest BCUT2D eigenvalue weighted by Gasteiger charge is 2.40. The maximum atomic E-state index is 15.4. The molecule has 2 atom stereocenters.